The van der Waals surface area contributed by atoms with Crippen LogP contribution in [0.4, 0.5) is 0 Å². The number of furan rings is 1. The third-order valence-electron chi connectivity index (χ3n) is 5.42. The van der Waals surface area contributed by atoms with Gasteiger partial charge in [-0.2, -0.15) is 0 Å². The summed E-state index contributed by atoms with van der Waals surface area (Å²) in [7, 11) is 0. The van der Waals surface area contributed by atoms with Gasteiger partial charge in [0.25, 0.3) is 11.6 Å². The van der Waals surface area contributed by atoms with E-state index in [1.165, 1.54) is 16.7 Å². The highest BCUT2D eigenvalue weighted by atomic mass is 32.1. The van der Waals surface area contributed by atoms with Crippen LogP contribution in [-0.2, 0) is 17.8 Å². The first kappa shape index (κ1) is 19.5. The molecule has 4 aromatic heterocycles. The van der Waals surface area contributed by atoms with E-state index in [0.29, 0.717) is 34.6 Å². The number of aryl methyl sites for hydroxylation is 1. The van der Waals surface area contributed by atoms with Gasteiger partial charge < -0.3 is 19.2 Å². The highest BCUT2D eigenvalue weighted by Crippen LogP contribution is 2.27. The molecule has 0 unspecified atom stereocenters. The summed E-state index contributed by atoms with van der Waals surface area (Å²) in [6.07, 6.45) is 2.67. The van der Waals surface area contributed by atoms with Crippen LogP contribution in [0.25, 0.3) is 22.6 Å². The Hall–Kier alpha value is -3.46. The van der Waals surface area contributed by atoms with Gasteiger partial charge in [0.1, 0.15) is 5.69 Å². The zero-order chi connectivity index (χ0) is 21.4. The van der Waals surface area contributed by atoms with Crippen LogP contribution in [0.3, 0.4) is 0 Å². The Morgan fingerprint density at radius 2 is 2.23 bits per heavy atom. The molecule has 8 nitrogen and oxygen atoms in total. The number of hydrogen-bond acceptors (Lipinski definition) is 7. The van der Waals surface area contributed by atoms with Gasteiger partial charge in [0.15, 0.2) is 5.76 Å². The summed E-state index contributed by atoms with van der Waals surface area (Å²) >= 11 is 1.74. The quantitative estimate of drug-likeness (QED) is 0.513. The van der Waals surface area contributed by atoms with Crippen molar-refractivity contribution in [1.29, 1.82) is 0 Å². The van der Waals surface area contributed by atoms with Crippen molar-refractivity contribution >= 4 is 34.3 Å². The predicted molar refractivity (Wildman–Crippen MR) is 115 cm³/mol. The molecule has 1 N–H and O–H groups in total. The van der Waals surface area contributed by atoms with Crippen LogP contribution in [0, 0.1) is 6.92 Å². The third-order valence-corrected chi connectivity index (χ3v) is 6.44. The normalized spacial score (nSPS) is 13.4. The van der Waals surface area contributed by atoms with E-state index in [4.69, 9.17) is 8.94 Å². The molecule has 0 radical (unpaired) electrons. The first-order valence-electron chi connectivity index (χ1n) is 10.0. The fraction of sp³-hybridized carbons (Fsp3) is 0.273. The van der Waals surface area contributed by atoms with Crippen LogP contribution in [0.2, 0.25) is 0 Å². The van der Waals surface area contributed by atoms with E-state index < -0.39 is 0 Å². The van der Waals surface area contributed by atoms with Crippen molar-refractivity contribution < 1.29 is 18.5 Å². The molecule has 5 rings (SSSR count). The molecule has 1 aliphatic rings. The van der Waals surface area contributed by atoms with Crippen molar-refractivity contribution in [3.63, 3.8) is 0 Å². The lowest BCUT2D eigenvalue weighted by Crippen LogP contribution is -2.37. The maximum absolute atomic E-state index is 13.0. The van der Waals surface area contributed by atoms with E-state index >= 15 is 0 Å². The molecule has 2 amide bonds. The lowest BCUT2D eigenvalue weighted by molar-refractivity contribution is -0.131. The minimum absolute atomic E-state index is 0.0365. The van der Waals surface area contributed by atoms with Crippen LogP contribution < -0.4 is 5.32 Å². The number of hydrogen-bond donors (Lipinski definition) is 1. The smallest absolute Gasteiger partial charge is 0.259 e. The van der Waals surface area contributed by atoms with Gasteiger partial charge in [0.2, 0.25) is 5.91 Å². The monoisotopic (exact) mass is 436 g/mol. The maximum atomic E-state index is 13.0. The van der Waals surface area contributed by atoms with Crippen molar-refractivity contribution in [2.24, 2.45) is 0 Å². The van der Waals surface area contributed by atoms with E-state index in [1.807, 2.05) is 4.90 Å². The second kappa shape index (κ2) is 7.99. The van der Waals surface area contributed by atoms with Crippen molar-refractivity contribution in [2.45, 2.75) is 26.3 Å². The number of carbonyl (C=O) groups is 2. The Bertz CT molecular complexity index is 1260. The van der Waals surface area contributed by atoms with E-state index in [2.05, 4.69) is 26.9 Å². The number of rotatable bonds is 5. The number of carbonyl (C=O) groups excluding carboxylic acids is 2. The molecule has 0 spiro atoms. The minimum Gasteiger partial charge on any atom is -0.463 e. The van der Waals surface area contributed by atoms with Gasteiger partial charge in [-0.15, -0.1) is 11.3 Å². The molecule has 0 fully saturated rings. The molecule has 0 saturated heterocycles. The van der Waals surface area contributed by atoms with E-state index in [1.54, 1.807) is 36.5 Å². The average Bonchev–Trinajstić information content (AvgIpc) is 3.53. The summed E-state index contributed by atoms with van der Waals surface area (Å²) in [5, 5.41) is 9.41. The second-order valence-corrected chi connectivity index (χ2v) is 8.42. The number of thiophene rings is 1. The second-order valence-electron chi connectivity index (χ2n) is 7.42. The first-order valence-corrected chi connectivity index (χ1v) is 10.9. The Labute approximate surface area is 181 Å². The molecular weight excluding hydrogens is 416 g/mol. The molecule has 158 valence electrons. The molecule has 5 heterocycles. The minimum atomic E-state index is -0.307. The Morgan fingerprint density at radius 1 is 1.32 bits per heavy atom. The highest BCUT2D eigenvalue weighted by molar-refractivity contribution is 7.10. The molecule has 0 bridgehead atoms. The van der Waals surface area contributed by atoms with Crippen LogP contribution in [0.15, 0.2) is 44.8 Å². The van der Waals surface area contributed by atoms with Crippen LogP contribution in [0.1, 0.15) is 32.9 Å². The molecule has 0 aliphatic carbocycles. The number of nitrogens with one attached hydrogen (secondary N) is 1. The van der Waals surface area contributed by atoms with Crippen molar-refractivity contribution in [1.82, 2.24) is 20.4 Å². The standard InChI is InChI=1S/C22H20N4O4S/c1-13-20-15(11-16(17-3-2-9-29-17)24-22(20)30-25-13)21(28)23-7-4-19(27)26-8-5-18-14(12-26)6-10-31-18/h2-3,6,9-11H,4-5,7-8,12H2,1H3,(H,23,28). The predicted octanol–water partition coefficient (Wildman–Crippen LogP) is 3.56. The SMILES string of the molecule is Cc1noc2nc(-c3ccco3)cc(C(=O)NCCC(=O)N3CCc4sccc4C3)c12. The maximum Gasteiger partial charge on any atom is 0.259 e. The summed E-state index contributed by atoms with van der Waals surface area (Å²) in [6.45, 7) is 3.37. The summed E-state index contributed by atoms with van der Waals surface area (Å²) in [5.74, 6) is 0.255. The van der Waals surface area contributed by atoms with Gasteiger partial charge in [0, 0.05) is 30.9 Å². The number of pyridine rings is 1. The summed E-state index contributed by atoms with van der Waals surface area (Å²) < 4.78 is 10.7. The lowest BCUT2D eigenvalue weighted by Gasteiger charge is -2.27. The van der Waals surface area contributed by atoms with Gasteiger partial charge in [-0.25, -0.2) is 4.98 Å². The first-order chi connectivity index (χ1) is 15.1. The Balaban J connectivity index is 1.28. The molecule has 0 aromatic carbocycles. The van der Waals surface area contributed by atoms with Gasteiger partial charge in [0.05, 0.1) is 22.9 Å². The van der Waals surface area contributed by atoms with E-state index in [9.17, 15) is 9.59 Å². The zero-order valence-corrected chi connectivity index (χ0v) is 17.7. The van der Waals surface area contributed by atoms with Gasteiger partial charge in [-0.3, -0.25) is 9.59 Å². The molecule has 1 aliphatic heterocycles. The summed E-state index contributed by atoms with van der Waals surface area (Å²) in [4.78, 5) is 33.2. The molecule has 0 atom stereocenters. The number of nitrogens with zero attached hydrogens (tertiary/aromatic N) is 3. The number of fused-ring (bicyclic) bond motifs is 2. The molecular formula is C22H20N4O4S. The van der Waals surface area contributed by atoms with Crippen LogP contribution in [-0.4, -0.2) is 39.9 Å². The van der Waals surface area contributed by atoms with Crippen LogP contribution >= 0.6 is 11.3 Å². The highest BCUT2D eigenvalue weighted by Gasteiger charge is 2.23. The van der Waals surface area contributed by atoms with E-state index in [-0.39, 0.29) is 30.5 Å². The van der Waals surface area contributed by atoms with Crippen LogP contribution in [0.5, 0.6) is 0 Å². The van der Waals surface area contributed by atoms with Gasteiger partial charge in [-0.05, 0) is 48.6 Å². The molecule has 0 saturated carbocycles. The number of amides is 2. The zero-order valence-electron chi connectivity index (χ0n) is 16.9. The average molecular weight is 436 g/mol. The lowest BCUT2D eigenvalue weighted by atomic mass is 10.1. The largest absolute Gasteiger partial charge is 0.463 e. The number of aromatic nitrogens is 2. The molecule has 4 aromatic rings. The third kappa shape index (κ3) is 3.72. The van der Waals surface area contributed by atoms with Gasteiger partial charge >= 0.3 is 0 Å². The Morgan fingerprint density at radius 3 is 3.06 bits per heavy atom. The van der Waals surface area contributed by atoms with Crippen molar-refractivity contribution in [3.05, 3.63) is 57.6 Å². The molecule has 9 heteroatoms. The van der Waals surface area contributed by atoms with Gasteiger partial charge in [-0.1, -0.05) is 5.16 Å². The van der Waals surface area contributed by atoms with E-state index in [0.717, 1.165) is 13.0 Å². The Kier molecular flexibility index (Phi) is 5.03. The summed E-state index contributed by atoms with van der Waals surface area (Å²) in [5.41, 5.74) is 2.95. The fourth-order valence-corrected chi connectivity index (χ4v) is 4.71. The summed E-state index contributed by atoms with van der Waals surface area (Å²) in [6, 6.07) is 7.24. The van der Waals surface area contributed by atoms with Crippen molar-refractivity contribution in [2.75, 3.05) is 13.1 Å². The fourth-order valence-electron chi connectivity index (χ4n) is 3.82. The van der Waals surface area contributed by atoms with Crippen molar-refractivity contribution in [3.8, 4) is 11.5 Å². The topological polar surface area (TPSA) is 101 Å². The molecule has 31 heavy (non-hydrogen) atoms.